The van der Waals surface area contributed by atoms with Gasteiger partial charge in [-0.05, 0) is 11.3 Å². The minimum absolute atomic E-state index is 0.276. The Balaban J connectivity index is 2.94. The van der Waals surface area contributed by atoms with Crippen LogP contribution in [0.25, 0.3) is 0 Å². The zero-order valence-electron chi connectivity index (χ0n) is 10.3. The summed E-state index contributed by atoms with van der Waals surface area (Å²) in [5.41, 5.74) is 0.339. The van der Waals surface area contributed by atoms with Gasteiger partial charge in [0.25, 0.3) is 0 Å². The highest BCUT2D eigenvalue weighted by atomic mass is 32.1. The summed E-state index contributed by atoms with van der Waals surface area (Å²) < 4.78 is 0. The van der Waals surface area contributed by atoms with E-state index in [4.69, 9.17) is 12.2 Å². The molecular weight excluding hydrogens is 189 g/mol. The molecule has 2 unspecified atom stereocenters. The van der Waals surface area contributed by atoms with E-state index in [9.17, 15) is 0 Å². The van der Waals surface area contributed by atoms with E-state index in [1.165, 1.54) is 0 Å². The molecule has 14 heavy (non-hydrogen) atoms. The third-order valence-electron chi connectivity index (χ3n) is 3.23. The second kappa shape index (κ2) is 3.51. The van der Waals surface area contributed by atoms with Gasteiger partial charge in [0.15, 0.2) is 0 Å². The predicted octanol–water partition coefficient (Wildman–Crippen LogP) is 2.03. The van der Waals surface area contributed by atoms with Crippen molar-refractivity contribution in [3.63, 3.8) is 0 Å². The first-order valence-corrected chi connectivity index (χ1v) is 5.82. The maximum atomic E-state index is 5.42. The fraction of sp³-hybridized carbons (Fsp3) is 0.909. The zero-order valence-corrected chi connectivity index (χ0v) is 11.1. The van der Waals surface area contributed by atoms with Gasteiger partial charge in [-0.1, -0.05) is 52.2 Å². The molecule has 0 aromatic heterocycles. The lowest BCUT2D eigenvalue weighted by Gasteiger charge is -2.38. The van der Waals surface area contributed by atoms with Crippen molar-refractivity contribution in [2.24, 2.45) is 17.3 Å². The summed E-state index contributed by atoms with van der Waals surface area (Å²) >= 11 is 5.42. The number of nitrogens with one attached hydrogen (secondary N) is 1. The molecular formula is C11H22BNS. The minimum atomic E-state index is 0.276. The number of hydrogen-bond acceptors (Lipinski definition) is 1. The third-order valence-corrected chi connectivity index (χ3v) is 3.62. The van der Waals surface area contributed by atoms with E-state index in [0.717, 1.165) is 11.5 Å². The molecule has 1 N–H and O–H groups in total. The summed E-state index contributed by atoms with van der Waals surface area (Å²) in [6.07, 6.45) is 0. The van der Waals surface area contributed by atoms with Crippen molar-refractivity contribution in [3.05, 3.63) is 0 Å². The second-order valence-electron chi connectivity index (χ2n) is 6.56. The second-order valence-corrected chi connectivity index (χ2v) is 7.00. The van der Waals surface area contributed by atoms with Crippen molar-refractivity contribution in [1.29, 1.82) is 0 Å². The molecule has 1 heterocycles. The maximum absolute atomic E-state index is 5.42. The van der Waals surface area contributed by atoms with E-state index in [2.05, 4.69) is 47.8 Å². The van der Waals surface area contributed by atoms with Gasteiger partial charge in [0.05, 0.1) is 4.99 Å². The molecule has 2 atom stereocenters. The van der Waals surface area contributed by atoms with E-state index in [1.807, 2.05) is 0 Å². The van der Waals surface area contributed by atoms with Crippen molar-refractivity contribution in [2.75, 3.05) is 6.54 Å². The van der Waals surface area contributed by atoms with Gasteiger partial charge in [-0.3, -0.25) is 0 Å². The Bertz CT molecular complexity index is 237. The molecule has 0 radical (unpaired) electrons. The smallest absolute Gasteiger partial charge is 0.109 e. The van der Waals surface area contributed by atoms with Gasteiger partial charge in [0, 0.05) is 12.5 Å². The van der Waals surface area contributed by atoms with Crippen molar-refractivity contribution in [3.8, 4) is 0 Å². The van der Waals surface area contributed by atoms with Crippen LogP contribution in [-0.4, -0.2) is 19.4 Å². The largest absolute Gasteiger partial charge is 0.379 e. The first-order valence-electron chi connectivity index (χ1n) is 5.42. The molecule has 0 aliphatic carbocycles. The van der Waals surface area contributed by atoms with Crippen LogP contribution < -0.4 is 5.32 Å². The zero-order chi connectivity index (χ0) is 11.1. The summed E-state index contributed by atoms with van der Waals surface area (Å²) in [7, 11) is 2.29. The average molecular weight is 211 g/mol. The van der Waals surface area contributed by atoms with Crippen LogP contribution in [-0.2, 0) is 0 Å². The first-order chi connectivity index (χ1) is 6.14. The monoisotopic (exact) mass is 211 g/mol. The molecule has 0 spiro atoms. The molecule has 0 bridgehead atoms. The third kappa shape index (κ3) is 2.30. The molecule has 1 saturated heterocycles. The van der Waals surface area contributed by atoms with Crippen molar-refractivity contribution in [2.45, 2.75) is 39.9 Å². The van der Waals surface area contributed by atoms with Crippen molar-refractivity contribution < 1.29 is 0 Å². The molecule has 1 aliphatic rings. The molecule has 1 nitrogen and oxygen atoms in total. The summed E-state index contributed by atoms with van der Waals surface area (Å²) in [4.78, 5) is 1.07. The Morgan fingerprint density at radius 1 is 1.29 bits per heavy atom. The van der Waals surface area contributed by atoms with Gasteiger partial charge in [-0.2, -0.15) is 0 Å². The SMILES string of the molecule is BC(C)(C)C1C(=S)NCC1C(C)(C)C. The summed E-state index contributed by atoms with van der Waals surface area (Å²) in [5.74, 6) is 1.19. The van der Waals surface area contributed by atoms with Gasteiger partial charge in [0.2, 0.25) is 0 Å². The Labute approximate surface area is 94.4 Å². The Kier molecular flexibility index (Phi) is 3.02. The van der Waals surface area contributed by atoms with Crippen LogP contribution in [0.4, 0.5) is 0 Å². The van der Waals surface area contributed by atoms with Crippen LogP contribution in [0.3, 0.4) is 0 Å². The molecule has 0 aromatic rings. The highest BCUT2D eigenvalue weighted by Gasteiger charge is 2.44. The average Bonchev–Trinajstić information content (AvgIpc) is 2.27. The predicted molar refractivity (Wildman–Crippen MR) is 69.6 cm³/mol. The van der Waals surface area contributed by atoms with Gasteiger partial charge in [-0.25, -0.2) is 0 Å². The van der Waals surface area contributed by atoms with E-state index >= 15 is 0 Å². The lowest BCUT2D eigenvalue weighted by atomic mass is 9.57. The molecule has 80 valence electrons. The molecule has 1 rings (SSSR count). The number of rotatable bonds is 1. The maximum Gasteiger partial charge on any atom is 0.109 e. The Morgan fingerprint density at radius 2 is 1.79 bits per heavy atom. The summed E-state index contributed by atoms with van der Waals surface area (Å²) in [6, 6.07) is 0. The molecule has 1 aliphatic heterocycles. The molecule has 0 saturated carbocycles. The van der Waals surface area contributed by atoms with E-state index < -0.39 is 0 Å². The first kappa shape index (κ1) is 12.0. The van der Waals surface area contributed by atoms with Crippen LogP contribution >= 0.6 is 12.2 Å². The number of thiocarbonyl (C=S) groups is 1. The van der Waals surface area contributed by atoms with Crippen molar-refractivity contribution >= 4 is 25.1 Å². The topological polar surface area (TPSA) is 12.0 Å². The van der Waals surface area contributed by atoms with Crippen LogP contribution in [0, 0.1) is 17.3 Å². The lowest BCUT2D eigenvalue weighted by Crippen LogP contribution is -2.34. The van der Waals surface area contributed by atoms with E-state index in [-0.39, 0.29) is 5.31 Å². The quantitative estimate of drug-likeness (QED) is 0.526. The van der Waals surface area contributed by atoms with Crippen LogP contribution in [0.15, 0.2) is 0 Å². The fourth-order valence-corrected chi connectivity index (χ4v) is 3.03. The highest BCUT2D eigenvalue weighted by molar-refractivity contribution is 7.80. The molecule has 0 amide bonds. The van der Waals surface area contributed by atoms with E-state index in [0.29, 0.717) is 17.3 Å². The normalized spacial score (nSPS) is 29.1. The van der Waals surface area contributed by atoms with Crippen LogP contribution in [0.2, 0.25) is 5.31 Å². The standard InChI is InChI=1S/C11H22BNS/c1-10(2,3)7-6-13-9(14)8(7)11(4,5)12/h7-8H,6,12H2,1-5H3,(H,13,14). The summed E-state index contributed by atoms with van der Waals surface area (Å²) in [5, 5.41) is 3.64. The van der Waals surface area contributed by atoms with Crippen LogP contribution in [0.5, 0.6) is 0 Å². The van der Waals surface area contributed by atoms with Crippen LogP contribution in [0.1, 0.15) is 34.6 Å². The van der Waals surface area contributed by atoms with E-state index in [1.54, 1.807) is 0 Å². The molecule has 0 aromatic carbocycles. The fourth-order valence-electron chi connectivity index (χ4n) is 2.42. The summed E-state index contributed by atoms with van der Waals surface area (Å²) in [6.45, 7) is 12.6. The Hall–Kier alpha value is -0.0451. The number of hydrogen-bond donors (Lipinski definition) is 1. The minimum Gasteiger partial charge on any atom is -0.379 e. The van der Waals surface area contributed by atoms with Crippen molar-refractivity contribution in [1.82, 2.24) is 5.32 Å². The van der Waals surface area contributed by atoms with Gasteiger partial charge >= 0.3 is 0 Å². The molecule has 1 fully saturated rings. The van der Waals surface area contributed by atoms with Gasteiger partial charge in [-0.15, -0.1) is 0 Å². The van der Waals surface area contributed by atoms with Gasteiger partial charge < -0.3 is 5.32 Å². The van der Waals surface area contributed by atoms with Gasteiger partial charge in [0.1, 0.15) is 7.85 Å². The lowest BCUT2D eigenvalue weighted by molar-refractivity contribution is 0.195. The Morgan fingerprint density at radius 3 is 2.07 bits per heavy atom. The highest BCUT2D eigenvalue weighted by Crippen LogP contribution is 2.46. The molecule has 3 heteroatoms.